The minimum atomic E-state index is -0.683. The van der Waals surface area contributed by atoms with E-state index >= 15 is 0 Å². The van der Waals surface area contributed by atoms with E-state index in [1.54, 1.807) is 12.4 Å². The Labute approximate surface area is 144 Å². The van der Waals surface area contributed by atoms with Gasteiger partial charge in [0.2, 0.25) is 5.91 Å². The summed E-state index contributed by atoms with van der Waals surface area (Å²) in [7, 11) is 0. The van der Waals surface area contributed by atoms with Crippen molar-refractivity contribution in [2.45, 2.75) is 12.3 Å². The Kier molecular flexibility index (Phi) is 3.43. The van der Waals surface area contributed by atoms with Crippen molar-refractivity contribution < 1.29 is 4.79 Å². The van der Waals surface area contributed by atoms with Crippen molar-refractivity contribution in [1.82, 2.24) is 4.98 Å². The third-order valence-electron chi connectivity index (χ3n) is 4.63. The molecule has 0 bridgehead atoms. The summed E-state index contributed by atoms with van der Waals surface area (Å²) in [6.45, 7) is 2.46. The van der Waals surface area contributed by atoms with Crippen LogP contribution in [0.2, 0.25) is 5.02 Å². The summed E-state index contributed by atoms with van der Waals surface area (Å²) in [6.07, 6.45) is 3.48. The van der Waals surface area contributed by atoms with E-state index in [0.717, 1.165) is 27.7 Å². The van der Waals surface area contributed by atoms with Gasteiger partial charge in [-0.2, -0.15) is 0 Å². The van der Waals surface area contributed by atoms with E-state index in [9.17, 15) is 4.79 Å². The number of carbonyl (C=O) groups is 1. The summed E-state index contributed by atoms with van der Waals surface area (Å²) < 4.78 is 0. The zero-order valence-electron chi connectivity index (χ0n) is 13.1. The van der Waals surface area contributed by atoms with Gasteiger partial charge >= 0.3 is 0 Å². The van der Waals surface area contributed by atoms with Gasteiger partial charge in [-0.1, -0.05) is 35.9 Å². The van der Waals surface area contributed by atoms with Gasteiger partial charge in [-0.05, 0) is 30.7 Å². The number of rotatable bonds is 2. The van der Waals surface area contributed by atoms with Crippen LogP contribution in [0.5, 0.6) is 0 Å². The molecule has 1 atom stereocenters. The zero-order chi connectivity index (χ0) is 16.7. The smallest absolute Gasteiger partial charge is 0.236 e. The first-order valence-corrected chi connectivity index (χ1v) is 8.14. The molecule has 2 aromatic carbocycles. The fourth-order valence-electron chi connectivity index (χ4n) is 3.17. The molecule has 0 saturated carbocycles. The van der Waals surface area contributed by atoms with E-state index in [1.165, 1.54) is 0 Å². The van der Waals surface area contributed by atoms with Crippen LogP contribution in [0, 0.1) is 0 Å². The Morgan fingerprint density at radius 2 is 2.08 bits per heavy atom. The average Bonchev–Trinajstić information content (AvgIpc) is 2.93. The molecule has 0 saturated heterocycles. The summed E-state index contributed by atoms with van der Waals surface area (Å²) in [6, 6.07) is 13.5. The molecule has 1 aliphatic heterocycles. The van der Waals surface area contributed by atoms with Crippen molar-refractivity contribution in [3.05, 3.63) is 65.4 Å². The van der Waals surface area contributed by atoms with Crippen molar-refractivity contribution in [3.63, 3.8) is 0 Å². The van der Waals surface area contributed by atoms with Crippen LogP contribution in [0.25, 0.3) is 10.8 Å². The molecule has 3 aromatic rings. The fourth-order valence-corrected chi connectivity index (χ4v) is 3.35. The van der Waals surface area contributed by atoms with Gasteiger partial charge in [0.25, 0.3) is 0 Å². The number of nitrogens with one attached hydrogen (secondary N) is 2. The molecule has 0 spiro atoms. The maximum Gasteiger partial charge on any atom is 0.236 e. The first-order valence-electron chi connectivity index (χ1n) is 7.76. The summed E-state index contributed by atoms with van der Waals surface area (Å²) in [5, 5.41) is 8.93. The molecule has 0 radical (unpaired) electrons. The Balaban J connectivity index is 1.71. The number of nitrogens with zero attached hydrogens (tertiary/aromatic N) is 1. The number of fused-ring (bicyclic) bond motifs is 2. The number of pyridine rings is 1. The van der Waals surface area contributed by atoms with Gasteiger partial charge in [0.05, 0.1) is 17.3 Å². The zero-order valence-corrected chi connectivity index (χ0v) is 13.9. The van der Waals surface area contributed by atoms with Gasteiger partial charge in [0.1, 0.15) is 0 Å². The Morgan fingerprint density at radius 3 is 2.96 bits per heavy atom. The molecule has 2 N–H and O–H groups in total. The standard InChI is InChI=1S/C19H16ClN3O/c1-19(11-22-16-7-6-13(20)8-15(16)19)18(24)23-17-10-21-9-12-4-2-3-5-14(12)17/h2-10,22H,11H2,1H3,(H,23,24)/t19-/m1/s1. The largest absolute Gasteiger partial charge is 0.383 e. The van der Waals surface area contributed by atoms with E-state index in [2.05, 4.69) is 15.6 Å². The van der Waals surface area contributed by atoms with Crippen LogP contribution in [0.3, 0.4) is 0 Å². The molecule has 5 heteroatoms. The minimum Gasteiger partial charge on any atom is -0.383 e. The maximum absolute atomic E-state index is 13.0. The highest BCUT2D eigenvalue weighted by Crippen LogP contribution is 2.39. The van der Waals surface area contributed by atoms with E-state index in [-0.39, 0.29) is 5.91 Å². The number of hydrogen-bond donors (Lipinski definition) is 2. The normalized spacial score (nSPS) is 18.9. The second kappa shape index (κ2) is 5.49. The molecule has 1 aromatic heterocycles. The molecular formula is C19H16ClN3O. The third kappa shape index (κ3) is 2.31. The lowest BCUT2D eigenvalue weighted by atomic mass is 9.83. The minimum absolute atomic E-state index is 0.0748. The van der Waals surface area contributed by atoms with E-state index < -0.39 is 5.41 Å². The SMILES string of the molecule is C[C@@]1(C(=O)Nc2cncc3ccccc23)CNc2ccc(Cl)cc21. The van der Waals surface area contributed by atoms with Crippen LogP contribution in [0.15, 0.2) is 54.9 Å². The van der Waals surface area contributed by atoms with E-state index in [1.807, 2.05) is 49.4 Å². The van der Waals surface area contributed by atoms with Crippen LogP contribution in [0.1, 0.15) is 12.5 Å². The van der Waals surface area contributed by atoms with Gasteiger partial charge in [0, 0.05) is 34.2 Å². The first-order chi connectivity index (χ1) is 11.6. The molecule has 0 aliphatic carbocycles. The van der Waals surface area contributed by atoms with Crippen molar-refractivity contribution in [2.75, 3.05) is 17.2 Å². The van der Waals surface area contributed by atoms with E-state index in [0.29, 0.717) is 11.6 Å². The number of hydrogen-bond acceptors (Lipinski definition) is 3. The fraction of sp³-hybridized carbons (Fsp3) is 0.158. The molecule has 1 aliphatic rings. The summed E-state index contributed by atoms with van der Waals surface area (Å²) >= 11 is 6.12. The number of anilines is 2. The van der Waals surface area contributed by atoms with Gasteiger partial charge in [0.15, 0.2) is 0 Å². The lowest BCUT2D eigenvalue weighted by molar-refractivity contribution is -0.120. The number of aromatic nitrogens is 1. The van der Waals surface area contributed by atoms with E-state index in [4.69, 9.17) is 11.6 Å². The van der Waals surface area contributed by atoms with Gasteiger partial charge < -0.3 is 10.6 Å². The molecule has 4 rings (SSSR count). The topological polar surface area (TPSA) is 54.0 Å². The van der Waals surface area contributed by atoms with Crippen molar-refractivity contribution >= 4 is 39.7 Å². The second-order valence-corrected chi connectivity index (χ2v) is 6.67. The highest BCUT2D eigenvalue weighted by Gasteiger charge is 2.41. The molecule has 4 nitrogen and oxygen atoms in total. The summed E-state index contributed by atoms with van der Waals surface area (Å²) in [5.41, 5.74) is 1.90. The Bertz CT molecular complexity index is 951. The van der Waals surface area contributed by atoms with Crippen molar-refractivity contribution in [3.8, 4) is 0 Å². The molecule has 120 valence electrons. The molecule has 1 amide bonds. The lowest BCUT2D eigenvalue weighted by Crippen LogP contribution is -2.39. The Morgan fingerprint density at radius 1 is 1.25 bits per heavy atom. The molecule has 2 heterocycles. The lowest BCUT2D eigenvalue weighted by Gasteiger charge is -2.23. The van der Waals surface area contributed by atoms with Crippen LogP contribution < -0.4 is 10.6 Å². The molecule has 0 fully saturated rings. The second-order valence-electron chi connectivity index (χ2n) is 6.24. The van der Waals surface area contributed by atoms with Crippen LogP contribution in [0.4, 0.5) is 11.4 Å². The predicted octanol–water partition coefficient (Wildman–Crippen LogP) is 4.21. The van der Waals surface area contributed by atoms with Gasteiger partial charge in [-0.15, -0.1) is 0 Å². The highest BCUT2D eigenvalue weighted by atomic mass is 35.5. The maximum atomic E-state index is 13.0. The van der Waals surface area contributed by atoms with Gasteiger partial charge in [-0.25, -0.2) is 0 Å². The third-order valence-corrected chi connectivity index (χ3v) is 4.86. The van der Waals surface area contributed by atoms with Crippen LogP contribution in [-0.4, -0.2) is 17.4 Å². The highest BCUT2D eigenvalue weighted by molar-refractivity contribution is 6.30. The number of amides is 1. The number of carbonyl (C=O) groups excluding carboxylic acids is 1. The van der Waals surface area contributed by atoms with Gasteiger partial charge in [-0.3, -0.25) is 9.78 Å². The van der Waals surface area contributed by atoms with Crippen LogP contribution in [-0.2, 0) is 10.2 Å². The molecular weight excluding hydrogens is 322 g/mol. The Hall–Kier alpha value is -2.59. The predicted molar refractivity (Wildman–Crippen MR) is 97.7 cm³/mol. The summed E-state index contributed by atoms with van der Waals surface area (Å²) in [4.78, 5) is 17.3. The summed E-state index contributed by atoms with van der Waals surface area (Å²) in [5.74, 6) is -0.0748. The quantitative estimate of drug-likeness (QED) is 0.736. The number of benzene rings is 2. The van der Waals surface area contributed by atoms with Crippen molar-refractivity contribution in [2.24, 2.45) is 0 Å². The monoisotopic (exact) mass is 337 g/mol. The average molecular weight is 338 g/mol. The molecule has 24 heavy (non-hydrogen) atoms. The van der Waals surface area contributed by atoms with Crippen molar-refractivity contribution in [1.29, 1.82) is 0 Å². The van der Waals surface area contributed by atoms with Crippen LogP contribution >= 0.6 is 11.6 Å². The molecule has 0 unspecified atom stereocenters. The number of halogens is 1. The first kappa shape index (κ1) is 15.0.